The molecule has 1 aromatic carbocycles. The summed E-state index contributed by atoms with van der Waals surface area (Å²) < 4.78 is 4.88. The van der Waals surface area contributed by atoms with Gasteiger partial charge in [0.05, 0.1) is 25.1 Å². The van der Waals surface area contributed by atoms with Crippen LogP contribution in [0.25, 0.3) is 0 Å². The lowest BCUT2D eigenvalue weighted by Crippen LogP contribution is -2.54. The summed E-state index contributed by atoms with van der Waals surface area (Å²) in [5.41, 5.74) is 1.69. The second-order valence-corrected chi connectivity index (χ2v) is 5.50. The van der Waals surface area contributed by atoms with Gasteiger partial charge in [-0.3, -0.25) is 14.5 Å². The van der Waals surface area contributed by atoms with E-state index in [-0.39, 0.29) is 29.9 Å². The average molecular weight is 286 g/mol. The number of rotatable bonds is 3. The van der Waals surface area contributed by atoms with Gasteiger partial charge in [-0.1, -0.05) is 36.9 Å². The molecule has 3 atom stereocenters. The van der Waals surface area contributed by atoms with Crippen molar-refractivity contribution in [3.8, 4) is 0 Å². The predicted octanol–water partition coefficient (Wildman–Crippen LogP) is 1.06. The third-order valence-electron chi connectivity index (χ3n) is 4.27. The van der Waals surface area contributed by atoms with Crippen LogP contribution in [0.3, 0.4) is 0 Å². The highest BCUT2D eigenvalue weighted by molar-refractivity contribution is 5.88. The Labute approximate surface area is 123 Å². The molecule has 21 heavy (non-hydrogen) atoms. The summed E-state index contributed by atoms with van der Waals surface area (Å²) in [5.74, 6) is -0.702. The molecule has 2 saturated heterocycles. The maximum Gasteiger partial charge on any atom is 0.310 e. The van der Waals surface area contributed by atoms with Crippen molar-refractivity contribution >= 4 is 11.9 Å². The van der Waals surface area contributed by atoms with Crippen molar-refractivity contribution in [1.29, 1.82) is 0 Å². The number of nitrogens with zero attached hydrogens (tertiary/aromatic N) is 1. The SMILES string of the molecule is C=C1NC(=O)[C@H]2C[C@H](C(=O)OC)[C@@H]1N2Cc1ccccc1. The summed E-state index contributed by atoms with van der Waals surface area (Å²) in [6.45, 7) is 4.54. The van der Waals surface area contributed by atoms with E-state index in [1.807, 2.05) is 30.3 Å². The molecule has 1 amide bonds. The number of piperazine rings is 1. The van der Waals surface area contributed by atoms with Crippen molar-refractivity contribution in [1.82, 2.24) is 10.2 Å². The standard InChI is InChI=1S/C16H18N2O3/c1-10-14-12(16(20)21-2)8-13(15(19)17-10)18(14)9-11-6-4-3-5-7-11/h3-7,12-14H,1,8-9H2,2H3,(H,17,19)/t12-,13+,14+/m0/s1. The number of carbonyl (C=O) groups excluding carboxylic acids is 2. The number of carbonyl (C=O) groups is 2. The zero-order valence-electron chi connectivity index (χ0n) is 11.9. The smallest absolute Gasteiger partial charge is 0.310 e. The van der Waals surface area contributed by atoms with Crippen LogP contribution < -0.4 is 5.32 Å². The summed E-state index contributed by atoms with van der Waals surface area (Å²) in [6.07, 6.45) is 0.481. The predicted molar refractivity (Wildman–Crippen MR) is 77.0 cm³/mol. The Balaban J connectivity index is 1.90. The van der Waals surface area contributed by atoms with Crippen molar-refractivity contribution < 1.29 is 14.3 Å². The van der Waals surface area contributed by atoms with E-state index in [2.05, 4.69) is 16.8 Å². The molecule has 0 aromatic heterocycles. The Morgan fingerprint density at radius 2 is 2.14 bits per heavy atom. The third kappa shape index (κ3) is 2.34. The molecule has 1 aromatic rings. The van der Waals surface area contributed by atoms with Crippen LogP contribution in [0, 0.1) is 5.92 Å². The van der Waals surface area contributed by atoms with E-state index in [9.17, 15) is 9.59 Å². The molecule has 0 radical (unpaired) electrons. The quantitative estimate of drug-likeness (QED) is 0.844. The van der Waals surface area contributed by atoms with Crippen LogP contribution in [-0.2, 0) is 20.9 Å². The van der Waals surface area contributed by atoms with Crippen LogP contribution >= 0.6 is 0 Å². The summed E-state index contributed by atoms with van der Waals surface area (Å²) >= 11 is 0. The van der Waals surface area contributed by atoms with Gasteiger partial charge in [-0.25, -0.2) is 0 Å². The summed E-state index contributed by atoms with van der Waals surface area (Å²) in [4.78, 5) is 26.2. The fourth-order valence-corrected chi connectivity index (χ4v) is 3.33. The Morgan fingerprint density at radius 1 is 1.43 bits per heavy atom. The maximum absolute atomic E-state index is 12.2. The first-order valence-electron chi connectivity index (χ1n) is 6.99. The van der Waals surface area contributed by atoms with Gasteiger partial charge in [0.15, 0.2) is 0 Å². The minimum absolute atomic E-state index is 0.0846. The van der Waals surface area contributed by atoms with Gasteiger partial charge in [-0.15, -0.1) is 0 Å². The average Bonchev–Trinajstić information content (AvgIpc) is 2.80. The second-order valence-electron chi connectivity index (χ2n) is 5.50. The van der Waals surface area contributed by atoms with Crippen molar-refractivity contribution in [2.75, 3.05) is 7.11 Å². The van der Waals surface area contributed by atoms with Gasteiger partial charge in [-0.2, -0.15) is 0 Å². The molecular weight excluding hydrogens is 268 g/mol. The molecule has 2 aliphatic heterocycles. The van der Waals surface area contributed by atoms with Gasteiger partial charge in [0.25, 0.3) is 0 Å². The molecule has 5 heteroatoms. The van der Waals surface area contributed by atoms with Gasteiger partial charge in [-0.05, 0) is 12.0 Å². The highest BCUT2D eigenvalue weighted by Gasteiger charge is 2.52. The zero-order valence-corrected chi connectivity index (χ0v) is 11.9. The first-order chi connectivity index (χ1) is 10.1. The molecule has 0 spiro atoms. The molecule has 2 heterocycles. The van der Waals surface area contributed by atoms with Crippen LogP contribution in [0.4, 0.5) is 0 Å². The lowest BCUT2D eigenvalue weighted by Gasteiger charge is -2.36. The maximum atomic E-state index is 12.2. The van der Waals surface area contributed by atoms with E-state index >= 15 is 0 Å². The number of methoxy groups -OCH3 is 1. The Hall–Kier alpha value is -2.14. The minimum Gasteiger partial charge on any atom is -0.469 e. The fourth-order valence-electron chi connectivity index (χ4n) is 3.33. The lowest BCUT2D eigenvalue weighted by molar-refractivity contribution is -0.146. The monoisotopic (exact) mass is 286 g/mol. The Morgan fingerprint density at radius 3 is 2.81 bits per heavy atom. The summed E-state index contributed by atoms with van der Waals surface area (Å²) in [6, 6.07) is 9.42. The minimum atomic E-state index is -0.338. The van der Waals surface area contributed by atoms with E-state index in [4.69, 9.17) is 4.74 Å². The third-order valence-corrected chi connectivity index (χ3v) is 4.27. The number of fused-ring (bicyclic) bond motifs is 2. The van der Waals surface area contributed by atoms with Crippen molar-refractivity contribution in [3.05, 3.63) is 48.2 Å². The number of hydrogen-bond acceptors (Lipinski definition) is 4. The Bertz CT molecular complexity index is 584. The highest BCUT2D eigenvalue weighted by Crippen LogP contribution is 2.38. The molecule has 3 rings (SSSR count). The van der Waals surface area contributed by atoms with Crippen LogP contribution in [0.2, 0.25) is 0 Å². The lowest BCUT2D eigenvalue weighted by atomic mass is 9.98. The van der Waals surface area contributed by atoms with Crippen LogP contribution in [0.5, 0.6) is 0 Å². The molecular formula is C16H18N2O3. The highest BCUT2D eigenvalue weighted by atomic mass is 16.5. The van der Waals surface area contributed by atoms with Crippen molar-refractivity contribution in [2.24, 2.45) is 5.92 Å². The first-order valence-corrected chi connectivity index (χ1v) is 6.99. The molecule has 1 N–H and O–H groups in total. The van der Waals surface area contributed by atoms with Crippen molar-refractivity contribution in [2.45, 2.75) is 25.0 Å². The largest absolute Gasteiger partial charge is 0.469 e. The fraction of sp³-hybridized carbons (Fsp3) is 0.375. The zero-order chi connectivity index (χ0) is 15.0. The number of amides is 1. The number of benzene rings is 1. The molecule has 0 unspecified atom stereocenters. The van der Waals surface area contributed by atoms with E-state index in [1.165, 1.54) is 7.11 Å². The Kier molecular flexibility index (Phi) is 3.51. The molecule has 110 valence electrons. The van der Waals surface area contributed by atoms with Crippen LogP contribution in [0.15, 0.2) is 42.6 Å². The van der Waals surface area contributed by atoms with Crippen LogP contribution in [0.1, 0.15) is 12.0 Å². The number of ether oxygens (including phenoxy) is 1. The molecule has 2 bridgehead atoms. The van der Waals surface area contributed by atoms with E-state index in [0.29, 0.717) is 18.7 Å². The molecule has 2 fully saturated rings. The van der Waals surface area contributed by atoms with Gasteiger partial charge < -0.3 is 10.1 Å². The van der Waals surface area contributed by atoms with Gasteiger partial charge in [0, 0.05) is 12.2 Å². The van der Waals surface area contributed by atoms with E-state index in [1.54, 1.807) is 0 Å². The summed E-state index contributed by atoms with van der Waals surface area (Å²) in [5, 5.41) is 2.78. The molecule has 2 aliphatic rings. The van der Waals surface area contributed by atoms with Crippen LogP contribution in [-0.4, -0.2) is 36.0 Å². The van der Waals surface area contributed by atoms with E-state index < -0.39 is 0 Å². The number of esters is 1. The first kappa shape index (κ1) is 13.8. The molecule has 0 saturated carbocycles. The number of hydrogen-bond donors (Lipinski definition) is 1. The topological polar surface area (TPSA) is 58.6 Å². The van der Waals surface area contributed by atoms with Gasteiger partial charge in [0.1, 0.15) is 0 Å². The van der Waals surface area contributed by atoms with Gasteiger partial charge >= 0.3 is 5.97 Å². The molecule has 0 aliphatic carbocycles. The normalized spacial score (nSPS) is 28.3. The van der Waals surface area contributed by atoms with Crippen molar-refractivity contribution in [3.63, 3.8) is 0 Å². The van der Waals surface area contributed by atoms with Gasteiger partial charge in [0.2, 0.25) is 5.91 Å². The summed E-state index contributed by atoms with van der Waals surface area (Å²) in [7, 11) is 1.38. The van der Waals surface area contributed by atoms with E-state index in [0.717, 1.165) is 5.56 Å². The number of nitrogens with one attached hydrogen (secondary N) is 1. The second kappa shape index (κ2) is 5.33. The molecule has 5 nitrogen and oxygen atoms in total.